The molecule has 24 valence electrons. The number of hydrogen-bond donors (Lipinski definition) is 0. The number of rotatable bonds is 0. The molecule has 0 fully saturated rings. The largest absolute Gasteiger partial charge is 3.00 e. The van der Waals surface area contributed by atoms with Gasteiger partial charge in [-0.15, -0.1) is 0 Å². The van der Waals surface area contributed by atoms with Crippen molar-refractivity contribution in [1.82, 2.24) is 0 Å². The molecule has 0 N–H and O–H groups in total. The van der Waals surface area contributed by atoms with Crippen LogP contribution in [0.4, 0.5) is 0 Å². The standard InChI is InChI=1S/In.3O.Zn/q+3;3*-2;+2/p+1. The minimum atomic E-state index is 0. The topological polar surface area (TPSA) is 85.5 Å². The molecule has 3 nitrogen and oxygen atoms in total. The minimum absolute atomic E-state index is 0. The first-order chi connectivity index (χ1) is 0. The molecule has 0 radical (unpaired) electrons. The molecule has 0 saturated heterocycles. The third kappa shape index (κ3) is 32.4. The molecule has 0 unspecified atom stereocenters. The van der Waals surface area contributed by atoms with E-state index in [4.69, 9.17) is 0 Å². The maximum Gasteiger partial charge on any atom is 3.00 e. The van der Waals surface area contributed by atoms with Gasteiger partial charge in [0, 0.05) is 0 Å². The molecule has 0 aliphatic carbocycles. The first-order valence-corrected chi connectivity index (χ1v) is 0. The maximum atomic E-state index is 0. The Labute approximate surface area is 63.1 Å². The van der Waals surface area contributed by atoms with Crippen LogP contribution in [0.5, 0.6) is 0 Å². The summed E-state index contributed by atoms with van der Waals surface area (Å²) in [5, 5.41) is 0. The average molecular weight is 229 g/mol. The third-order valence-corrected chi connectivity index (χ3v) is 0. The summed E-state index contributed by atoms with van der Waals surface area (Å²) in [6.07, 6.45) is 0. The van der Waals surface area contributed by atoms with Crippen LogP contribution in [0.2, 0.25) is 0 Å². The van der Waals surface area contributed by atoms with Crippen LogP contribution in [-0.4, -0.2) is 25.8 Å². The second-order valence-corrected chi connectivity index (χ2v) is 0. The van der Waals surface area contributed by atoms with Crippen LogP contribution in [0, 0.1) is 0 Å². The van der Waals surface area contributed by atoms with E-state index in [1.807, 2.05) is 0 Å². The first-order valence-electron chi connectivity index (χ1n) is 0. The molecule has 5 heavy (non-hydrogen) atoms. The van der Waals surface area contributed by atoms with Crippen LogP contribution < -0.4 is 0 Å². The van der Waals surface area contributed by atoms with Crippen LogP contribution in [-0.2, 0) is 35.9 Å². The molecule has 0 heterocycles. The Morgan fingerprint density at radius 1 is 0.800 bits per heavy atom. The summed E-state index contributed by atoms with van der Waals surface area (Å²) in [6.45, 7) is 0. The summed E-state index contributed by atoms with van der Waals surface area (Å²) in [5.74, 6) is 0. The SMILES string of the molecule is [H+].[In+3].[O-2].[O-2].[O-2].[Zn+2]. The van der Waals surface area contributed by atoms with Crippen molar-refractivity contribution in [3.63, 3.8) is 0 Å². The van der Waals surface area contributed by atoms with Gasteiger partial charge in [0.25, 0.3) is 0 Å². The van der Waals surface area contributed by atoms with E-state index in [1.54, 1.807) is 0 Å². The van der Waals surface area contributed by atoms with Gasteiger partial charge in [0.15, 0.2) is 0 Å². The average Bonchev–Trinajstić information content (AvgIpc) is 0. The fourth-order valence-corrected chi connectivity index (χ4v) is 0. The smallest absolute Gasteiger partial charge is 2.00 e. The molecular formula is HInO3Zn. The van der Waals surface area contributed by atoms with Crippen molar-refractivity contribution in [2.75, 3.05) is 0 Å². The van der Waals surface area contributed by atoms with Gasteiger partial charge in [-0.25, -0.2) is 0 Å². The molecule has 0 aliphatic rings. The zero-order valence-corrected chi connectivity index (χ0v) is 8.77. The van der Waals surface area contributed by atoms with E-state index >= 15 is 0 Å². The molecule has 0 aliphatic heterocycles. The Kier molecular flexibility index (Phi) is 1060. The van der Waals surface area contributed by atoms with Crippen molar-refractivity contribution in [3.8, 4) is 0 Å². The normalized spacial score (nSPS) is 0. The Morgan fingerprint density at radius 3 is 0.800 bits per heavy atom. The Bertz CT molecular complexity index is 10.8. The van der Waals surface area contributed by atoms with E-state index in [2.05, 4.69) is 0 Å². The fraction of sp³-hybridized carbons (Fsp3) is 0. The predicted octanol–water partition coefficient (Wildman–Crippen LogP) is -0.627. The molecule has 0 aromatic heterocycles. The van der Waals surface area contributed by atoms with Crippen molar-refractivity contribution < 1.29 is 37.3 Å². The quantitative estimate of drug-likeness (QED) is 0.495. The Hall–Kier alpha value is 1.37. The summed E-state index contributed by atoms with van der Waals surface area (Å²) < 4.78 is 0. The Balaban J connectivity index is 0. The second-order valence-electron chi connectivity index (χ2n) is 0. The summed E-state index contributed by atoms with van der Waals surface area (Å²) in [4.78, 5) is 0. The molecule has 0 bridgehead atoms. The molecule has 0 aromatic carbocycles. The van der Waals surface area contributed by atoms with E-state index in [1.165, 1.54) is 0 Å². The summed E-state index contributed by atoms with van der Waals surface area (Å²) >= 11 is 0. The zero-order valence-electron chi connectivity index (χ0n) is 3.51. The predicted molar refractivity (Wildman–Crippen MR) is 8.93 cm³/mol. The first kappa shape index (κ1) is 97.6. The molecule has 0 atom stereocenters. The summed E-state index contributed by atoms with van der Waals surface area (Å²) in [6, 6.07) is 0. The van der Waals surface area contributed by atoms with Crippen LogP contribution in [0.3, 0.4) is 0 Å². The summed E-state index contributed by atoms with van der Waals surface area (Å²) in [5.41, 5.74) is 0. The van der Waals surface area contributed by atoms with Gasteiger partial charge in [-0.05, 0) is 0 Å². The molecule has 5 heteroatoms. The second kappa shape index (κ2) is 54.5. The van der Waals surface area contributed by atoms with Gasteiger partial charge < -0.3 is 16.4 Å². The van der Waals surface area contributed by atoms with Crippen molar-refractivity contribution in [2.45, 2.75) is 0 Å². The van der Waals surface area contributed by atoms with Crippen LogP contribution in [0.25, 0.3) is 0 Å². The van der Waals surface area contributed by atoms with Crippen molar-refractivity contribution in [1.29, 1.82) is 0 Å². The van der Waals surface area contributed by atoms with E-state index in [0.717, 1.165) is 0 Å². The molecular weight excluding hydrogens is 228 g/mol. The zero-order chi connectivity index (χ0) is 0. The van der Waals surface area contributed by atoms with Gasteiger partial charge in [-0.2, -0.15) is 0 Å². The van der Waals surface area contributed by atoms with Crippen molar-refractivity contribution in [2.24, 2.45) is 0 Å². The minimum Gasteiger partial charge on any atom is -2.00 e. The fourth-order valence-electron chi connectivity index (χ4n) is 0. The van der Waals surface area contributed by atoms with E-state index in [9.17, 15) is 0 Å². The van der Waals surface area contributed by atoms with Gasteiger partial charge in [-0.3, -0.25) is 0 Å². The van der Waals surface area contributed by atoms with Crippen molar-refractivity contribution in [3.05, 3.63) is 0 Å². The maximum absolute atomic E-state index is 0. The molecule has 0 amide bonds. The third-order valence-electron chi connectivity index (χ3n) is 0. The summed E-state index contributed by atoms with van der Waals surface area (Å²) in [7, 11) is 0. The van der Waals surface area contributed by atoms with E-state index < -0.39 is 0 Å². The molecule has 0 spiro atoms. The van der Waals surface area contributed by atoms with E-state index in [-0.39, 0.29) is 63.2 Å². The number of hydrogen-bond acceptors (Lipinski definition) is 0. The van der Waals surface area contributed by atoms with Gasteiger partial charge >= 0.3 is 46.7 Å². The monoisotopic (exact) mass is 228 g/mol. The van der Waals surface area contributed by atoms with Gasteiger partial charge in [0.1, 0.15) is 0 Å². The molecule has 0 rings (SSSR count). The van der Waals surface area contributed by atoms with Crippen LogP contribution in [0.15, 0.2) is 0 Å². The molecule has 0 aromatic rings. The Morgan fingerprint density at radius 2 is 0.800 bits per heavy atom. The van der Waals surface area contributed by atoms with Crippen LogP contribution >= 0.6 is 0 Å². The van der Waals surface area contributed by atoms with Gasteiger partial charge in [0.2, 0.25) is 0 Å². The molecule has 0 saturated carbocycles. The van der Waals surface area contributed by atoms with E-state index in [0.29, 0.717) is 0 Å². The van der Waals surface area contributed by atoms with Crippen LogP contribution in [0.1, 0.15) is 1.43 Å². The van der Waals surface area contributed by atoms with Crippen molar-refractivity contribution >= 4 is 25.8 Å². The van der Waals surface area contributed by atoms with Gasteiger partial charge in [-0.1, -0.05) is 0 Å². The van der Waals surface area contributed by atoms with Gasteiger partial charge in [0.05, 0.1) is 0 Å².